The second kappa shape index (κ2) is 4.39. The molecule has 0 radical (unpaired) electrons. The summed E-state index contributed by atoms with van der Waals surface area (Å²) in [7, 11) is 0. The summed E-state index contributed by atoms with van der Waals surface area (Å²) in [6.45, 7) is 4.33. The van der Waals surface area contributed by atoms with Gasteiger partial charge in [0.2, 0.25) is 0 Å². The minimum absolute atomic E-state index is 0.972. The van der Waals surface area contributed by atoms with Crippen molar-refractivity contribution in [1.82, 2.24) is 9.97 Å². The third kappa shape index (κ3) is 2.32. The number of hydrogen-bond donors (Lipinski definition) is 2. The monoisotopic (exact) mass is 202 g/mol. The van der Waals surface area contributed by atoms with E-state index < -0.39 is 0 Å². The number of aryl methyl sites for hydroxylation is 2. The predicted octanol–water partition coefficient (Wildman–Crippen LogP) is 3.06. The van der Waals surface area contributed by atoms with E-state index in [1.54, 1.807) is 0 Å². The van der Waals surface area contributed by atoms with E-state index in [0.29, 0.717) is 0 Å². The molecule has 2 aromatic heterocycles. The average molecular weight is 202 g/mol. The number of aromatic nitrogens is 2. The van der Waals surface area contributed by atoms with E-state index >= 15 is 0 Å². The molecule has 0 fully saturated rings. The van der Waals surface area contributed by atoms with Crippen LogP contribution in [0, 0.1) is 0 Å². The van der Waals surface area contributed by atoms with Crippen LogP contribution in [0.4, 0.5) is 0 Å². The van der Waals surface area contributed by atoms with Gasteiger partial charge in [-0.1, -0.05) is 13.8 Å². The Kier molecular flexibility index (Phi) is 2.95. The highest BCUT2D eigenvalue weighted by molar-refractivity contribution is 5.21. The lowest BCUT2D eigenvalue weighted by atomic mass is 10.2. The van der Waals surface area contributed by atoms with Crippen molar-refractivity contribution in [3.8, 4) is 0 Å². The van der Waals surface area contributed by atoms with Gasteiger partial charge in [0.25, 0.3) is 0 Å². The van der Waals surface area contributed by atoms with E-state index in [-0.39, 0.29) is 0 Å². The molecule has 0 saturated carbocycles. The van der Waals surface area contributed by atoms with Crippen molar-refractivity contribution < 1.29 is 0 Å². The van der Waals surface area contributed by atoms with Gasteiger partial charge >= 0.3 is 0 Å². The standard InChI is InChI=1S/C13H18N2/c1-3-10-5-7-12(14-10)9-13-8-6-11(4-2)15-13/h5-8,14-15H,3-4,9H2,1-2H3. The molecule has 0 aliphatic heterocycles. The molecule has 0 amide bonds. The lowest BCUT2D eigenvalue weighted by molar-refractivity contribution is 0.973. The van der Waals surface area contributed by atoms with Crippen molar-refractivity contribution in [2.45, 2.75) is 33.1 Å². The maximum absolute atomic E-state index is 3.42. The maximum atomic E-state index is 3.42. The van der Waals surface area contributed by atoms with Crippen LogP contribution in [0.5, 0.6) is 0 Å². The second-order valence-corrected chi connectivity index (χ2v) is 3.90. The molecular weight excluding hydrogens is 184 g/mol. The SMILES string of the molecule is CCc1ccc(Cc2ccc(CC)[nH]2)[nH]1. The summed E-state index contributed by atoms with van der Waals surface area (Å²) in [6, 6.07) is 8.68. The van der Waals surface area contributed by atoms with Crippen molar-refractivity contribution in [2.75, 3.05) is 0 Å². The highest BCUT2D eigenvalue weighted by atomic mass is 14.8. The van der Waals surface area contributed by atoms with Crippen molar-refractivity contribution in [3.63, 3.8) is 0 Å². The average Bonchev–Trinajstić information content (AvgIpc) is 2.87. The van der Waals surface area contributed by atoms with Gasteiger partial charge < -0.3 is 9.97 Å². The molecule has 0 atom stereocenters. The summed E-state index contributed by atoms with van der Waals surface area (Å²) in [5, 5.41) is 0. The van der Waals surface area contributed by atoms with Gasteiger partial charge in [-0.05, 0) is 37.1 Å². The minimum Gasteiger partial charge on any atom is -0.362 e. The zero-order chi connectivity index (χ0) is 10.7. The zero-order valence-electron chi connectivity index (χ0n) is 9.43. The number of rotatable bonds is 4. The predicted molar refractivity (Wildman–Crippen MR) is 63.1 cm³/mol. The van der Waals surface area contributed by atoms with Gasteiger partial charge in [0.05, 0.1) is 0 Å². The Balaban J connectivity index is 2.07. The van der Waals surface area contributed by atoms with Crippen LogP contribution in [0.15, 0.2) is 24.3 Å². The van der Waals surface area contributed by atoms with Gasteiger partial charge in [0.1, 0.15) is 0 Å². The van der Waals surface area contributed by atoms with Crippen molar-refractivity contribution in [1.29, 1.82) is 0 Å². The fourth-order valence-corrected chi connectivity index (χ4v) is 1.81. The summed E-state index contributed by atoms with van der Waals surface area (Å²) in [4.78, 5) is 6.84. The van der Waals surface area contributed by atoms with E-state index in [0.717, 1.165) is 19.3 Å². The highest BCUT2D eigenvalue weighted by Gasteiger charge is 2.01. The van der Waals surface area contributed by atoms with Gasteiger partial charge in [-0.3, -0.25) is 0 Å². The number of hydrogen-bond acceptors (Lipinski definition) is 0. The molecule has 0 saturated heterocycles. The normalized spacial score (nSPS) is 10.8. The third-order valence-electron chi connectivity index (χ3n) is 2.76. The van der Waals surface area contributed by atoms with Gasteiger partial charge in [0, 0.05) is 29.2 Å². The van der Waals surface area contributed by atoms with E-state index in [1.807, 2.05) is 0 Å². The molecule has 0 aliphatic rings. The molecule has 0 aromatic carbocycles. The van der Waals surface area contributed by atoms with Crippen molar-refractivity contribution in [3.05, 3.63) is 47.0 Å². The molecule has 15 heavy (non-hydrogen) atoms. The Morgan fingerprint density at radius 3 is 1.47 bits per heavy atom. The molecule has 2 rings (SSSR count). The first-order chi connectivity index (χ1) is 7.31. The lowest BCUT2D eigenvalue weighted by Gasteiger charge is -1.96. The second-order valence-electron chi connectivity index (χ2n) is 3.90. The molecule has 2 heterocycles. The Hall–Kier alpha value is -1.44. The van der Waals surface area contributed by atoms with Gasteiger partial charge in [-0.15, -0.1) is 0 Å². The molecule has 0 unspecified atom stereocenters. The topological polar surface area (TPSA) is 31.6 Å². The smallest absolute Gasteiger partial charge is 0.0278 e. The quantitative estimate of drug-likeness (QED) is 0.763. The van der Waals surface area contributed by atoms with Crippen LogP contribution >= 0.6 is 0 Å². The molecular formula is C13H18N2. The van der Waals surface area contributed by atoms with Crippen molar-refractivity contribution >= 4 is 0 Å². The molecule has 2 aromatic rings. The van der Waals surface area contributed by atoms with Gasteiger partial charge in [0.15, 0.2) is 0 Å². The van der Waals surface area contributed by atoms with Crippen LogP contribution in [0.25, 0.3) is 0 Å². The molecule has 0 bridgehead atoms. The van der Waals surface area contributed by atoms with E-state index in [9.17, 15) is 0 Å². The van der Waals surface area contributed by atoms with Crippen LogP contribution < -0.4 is 0 Å². The van der Waals surface area contributed by atoms with Gasteiger partial charge in [-0.2, -0.15) is 0 Å². The summed E-state index contributed by atoms with van der Waals surface area (Å²) < 4.78 is 0. The largest absolute Gasteiger partial charge is 0.362 e. The Bertz CT molecular complexity index is 383. The first kappa shape index (κ1) is 10.1. The molecule has 0 spiro atoms. The number of aromatic amines is 2. The fourth-order valence-electron chi connectivity index (χ4n) is 1.81. The fraction of sp³-hybridized carbons (Fsp3) is 0.385. The van der Waals surface area contributed by atoms with Gasteiger partial charge in [-0.25, -0.2) is 0 Å². The Labute approximate surface area is 90.7 Å². The Morgan fingerprint density at radius 2 is 1.13 bits per heavy atom. The molecule has 80 valence electrons. The maximum Gasteiger partial charge on any atom is 0.0278 e. The van der Waals surface area contributed by atoms with Crippen LogP contribution in [0.3, 0.4) is 0 Å². The zero-order valence-corrected chi connectivity index (χ0v) is 9.43. The minimum atomic E-state index is 0.972. The molecule has 2 N–H and O–H groups in total. The van der Waals surface area contributed by atoms with Crippen LogP contribution in [-0.2, 0) is 19.3 Å². The number of nitrogens with one attached hydrogen (secondary N) is 2. The lowest BCUT2D eigenvalue weighted by Crippen LogP contribution is -1.90. The number of H-pyrrole nitrogens is 2. The van der Waals surface area contributed by atoms with E-state index in [2.05, 4.69) is 48.1 Å². The Morgan fingerprint density at radius 1 is 0.733 bits per heavy atom. The van der Waals surface area contributed by atoms with E-state index in [4.69, 9.17) is 0 Å². The molecule has 0 aliphatic carbocycles. The molecule has 2 nitrogen and oxygen atoms in total. The first-order valence-electron chi connectivity index (χ1n) is 5.65. The first-order valence-corrected chi connectivity index (χ1v) is 5.65. The van der Waals surface area contributed by atoms with E-state index in [1.165, 1.54) is 22.8 Å². The molecule has 2 heteroatoms. The highest BCUT2D eigenvalue weighted by Crippen LogP contribution is 2.10. The third-order valence-corrected chi connectivity index (χ3v) is 2.76. The van der Waals surface area contributed by atoms with Crippen LogP contribution in [0.2, 0.25) is 0 Å². The van der Waals surface area contributed by atoms with Crippen LogP contribution in [0.1, 0.15) is 36.6 Å². The van der Waals surface area contributed by atoms with Crippen molar-refractivity contribution in [2.24, 2.45) is 0 Å². The summed E-state index contributed by atoms with van der Waals surface area (Å²) >= 11 is 0. The van der Waals surface area contributed by atoms with Crippen LogP contribution in [-0.4, -0.2) is 9.97 Å². The summed E-state index contributed by atoms with van der Waals surface area (Å²) in [5.74, 6) is 0. The summed E-state index contributed by atoms with van der Waals surface area (Å²) in [5.41, 5.74) is 5.20. The summed E-state index contributed by atoms with van der Waals surface area (Å²) in [6.07, 6.45) is 3.12.